The molecular weight excluding hydrogens is 480 g/mol. The van der Waals surface area contributed by atoms with Gasteiger partial charge in [-0.2, -0.15) is 0 Å². The van der Waals surface area contributed by atoms with E-state index in [0.717, 1.165) is 4.47 Å². The third-order valence-electron chi connectivity index (χ3n) is 4.73. The van der Waals surface area contributed by atoms with Crippen LogP contribution in [-0.2, 0) is 9.59 Å². The molecule has 156 valence electrons. The number of carbonyl (C=O) groups is 2. The van der Waals surface area contributed by atoms with E-state index < -0.39 is 17.7 Å². The molecule has 4 rings (SSSR count). The SMILES string of the molecule is C=CCOc1ccc(/C(O)=C2\C(=O)C(=O)N(c3nccs3)[C@@H]2c2cccc(Br)c2)cc1. The average molecular weight is 497 g/mol. The van der Waals surface area contributed by atoms with E-state index >= 15 is 0 Å². The van der Waals surface area contributed by atoms with Gasteiger partial charge in [0, 0.05) is 21.6 Å². The summed E-state index contributed by atoms with van der Waals surface area (Å²) in [6, 6.07) is 13.1. The number of aliphatic hydroxyl groups excluding tert-OH is 1. The Labute approximate surface area is 191 Å². The summed E-state index contributed by atoms with van der Waals surface area (Å²) in [6.07, 6.45) is 3.20. The number of Topliss-reactive ketones (excluding diaryl/α,β-unsaturated/α-hetero) is 1. The first-order valence-electron chi connectivity index (χ1n) is 9.31. The smallest absolute Gasteiger partial charge is 0.301 e. The van der Waals surface area contributed by atoms with Crippen LogP contribution in [-0.4, -0.2) is 28.4 Å². The monoisotopic (exact) mass is 496 g/mol. The van der Waals surface area contributed by atoms with Crippen LogP contribution < -0.4 is 9.64 Å². The van der Waals surface area contributed by atoms with Crippen molar-refractivity contribution in [2.45, 2.75) is 6.04 Å². The standard InChI is InChI=1S/C23H17BrN2O4S/c1-2-11-30-17-8-6-14(7-9-17)20(27)18-19(15-4-3-5-16(24)13-15)26(22(29)21(18)28)23-25-10-12-31-23/h2-10,12-13,19,27H,1,11H2/b20-18+/t19-/m1/s1. The maximum absolute atomic E-state index is 13.0. The number of aliphatic hydroxyl groups is 1. The number of hydrogen-bond acceptors (Lipinski definition) is 6. The Kier molecular flexibility index (Phi) is 6.01. The average Bonchev–Trinajstić information content (AvgIpc) is 3.39. The van der Waals surface area contributed by atoms with Gasteiger partial charge in [0.25, 0.3) is 5.78 Å². The molecule has 1 N–H and O–H groups in total. The van der Waals surface area contributed by atoms with Crippen LogP contribution in [0.2, 0.25) is 0 Å². The normalized spacial score (nSPS) is 17.7. The molecule has 2 heterocycles. The zero-order chi connectivity index (χ0) is 22.0. The molecule has 8 heteroatoms. The third-order valence-corrected chi connectivity index (χ3v) is 5.99. The predicted octanol–water partition coefficient (Wildman–Crippen LogP) is 5.10. The fraction of sp³-hybridized carbons (Fsp3) is 0.0870. The molecule has 1 fully saturated rings. The van der Waals surface area contributed by atoms with Crippen molar-refractivity contribution in [3.8, 4) is 5.75 Å². The number of nitrogens with zero attached hydrogens (tertiary/aromatic N) is 2. The van der Waals surface area contributed by atoms with Crippen LogP contribution in [0.1, 0.15) is 17.2 Å². The molecule has 6 nitrogen and oxygen atoms in total. The third kappa shape index (κ3) is 4.04. The molecule has 0 unspecified atom stereocenters. The number of rotatable bonds is 6. The summed E-state index contributed by atoms with van der Waals surface area (Å²) in [5, 5.41) is 13.2. The quantitative estimate of drug-likeness (QED) is 0.222. The van der Waals surface area contributed by atoms with Gasteiger partial charge in [-0.3, -0.25) is 14.5 Å². The second-order valence-corrected chi connectivity index (χ2v) is 8.45. The molecule has 1 atom stereocenters. The van der Waals surface area contributed by atoms with Crippen molar-refractivity contribution in [1.82, 2.24) is 4.98 Å². The van der Waals surface area contributed by atoms with Crippen LogP contribution in [0, 0.1) is 0 Å². The predicted molar refractivity (Wildman–Crippen MR) is 123 cm³/mol. The van der Waals surface area contributed by atoms with Crippen LogP contribution in [0.3, 0.4) is 0 Å². The maximum Gasteiger partial charge on any atom is 0.301 e. The molecule has 0 bridgehead atoms. The van der Waals surface area contributed by atoms with E-state index in [1.807, 2.05) is 18.2 Å². The van der Waals surface area contributed by atoms with Crippen LogP contribution in [0.15, 0.2) is 82.8 Å². The Morgan fingerprint density at radius 3 is 2.68 bits per heavy atom. The first-order valence-corrected chi connectivity index (χ1v) is 11.0. The van der Waals surface area contributed by atoms with Crippen molar-refractivity contribution in [3.63, 3.8) is 0 Å². The Balaban J connectivity index is 1.84. The Morgan fingerprint density at radius 1 is 1.26 bits per heavy atom. The minimum atomic E-state index is -0.805. The molecule has 0 radical (unpaired) electrons. The van der Waals surface area contributed by atoms with Gasteiger partial charge >= 0.3 is 5.91 Å². The number of amides is 1. The number of carbonyl (C=O) groups excluding carboxylic acids is 2. The highest BCUT2D eigenvalue weighted by atomic mass is 79.9. The lowest BCUT2D eigenvalue weighted by atomic mass is 9.95. The number of aromatic nitrogens is 1. The Morgan fingerprint density at radius 2 is 2.03 bits per heavy atom. The first kappa shape index (κ1) is 21.0. The summed E-state index contributed by atoms with van der Waals surface area (Å²) in [6.45, 7) is 3.96. The van der Waals surface area contributed by atoms with Crippen molar-refractivity contribution in [3.05, 3.63) is 93.9 Å². The van der Waals surface area contributed by atoms with E-state index in [1.54, 1.807) is 48.0 Å². The number of hydrogen-bond donors (Lipinski definition) is 1. The number of benzene rings is 2. The minimum Gasteiger partial charge on any atom is -0.507 e. The van der Waals surface area contributed by atoms with Gasteiger partial charge in [-0.1, -0.05) is 40.7 Å². The van der Waals surface area contributed by atoms with Gasteiger partial charge in [0.2, 0.25) is 0 Å². The molecule has 0 spiro atoms. The fourth-order valence-corrected chi connectivity index (χ4v) is 4.46. The van der Waals surface area contributed by atoms with Gasteiger partial charge in [0.1, 0.15) is 18.1 Å². The number of anilines is 1. The first-order chi connectivity index (χ1) is 15.0. The maximum atomic E-state index is 13.0. The molecule has 31 heavy (non-hydrogen) atoms. The van der Waals surface area contributed by atoms with Crippen LogP contribution in [0.25, 0.3) is 5.76 Å². The molecule has 3 aromatic rings. The van der Waals surface area contributed by atoms with Gasteiger partial charge in [0.15, 0.2) is 5.13 Å². The van der Waals surface area contributed by atoms with Crippen molar-refractivity contribution in [1.29, 1.82) is 0 Å². The highest BCUT2D eigenvalue weighted by Gasteiger charge is 2.48. The Bertz CT molecular complexity index is 1170. The molecule has 1 aliphatic rings. The highest BCUT2D eigenvalue weighted by molar-refractivity contribution is 9.10. The highest BCUT2D eigenvalue weighted by Crippen LogP contribution is 2.43. The number of ketones is 1. The van der Waals surface area contributed by atoms with E-state index in [0.29, 0.717) is 28.6 Å². The second-order valence-electron chi connectivity index (χ2n) is 6.66. The van der Waals surface area contributed by atoms with Gasteiger partial charge < -0.3 is 9.84 Å². The van der Waals surface area contributed by atoms with Crippen molar-refractivity contribution in [2.24, 2.45) is 0 Å². The molecule has 0 saturated carbocycles. The summed E-state index contributed by atoms with van der Waals surface area (Å²) in [5.74, 6) is -1.14. The van der Waals surface area contributed by atoms with Crippen molar-refractivity contribution < 1.29 is 19.4 Å². The van der Waals surface area contributed by atoms with Gasteiger partial charge in [0.05, 0.1) is 11.6 Å². The summed E-state index contributed by atoms with van der Waals surface area (Å²) < 4.78 is 6.26. The number of ether oxygens (including phenoxy) is 1. The van der Waals surface area contributed by atoms with E-state index in [9.17, 15) is 14.7 Å². The molecule has 1 amide bonds. The zero-order valence-corrected chi connectivity index (χ0v) is 18.6. The molecule has 1 aliphatic heterocycles. The summed E-state index contributed by atoms with van der Waals surface area (Å²) in [7, 11) is 0. The molecule has 1 saturated heterocycles. The Hall–Kier alpha value is -3.23. The minimum absolute atomic E-state index is 0.0121. The molecular formula is C23H17BrN2O4S. The summed E-state index contributed by atoms with van der Waals surface area (Å²) >= 11 is 4.69. The van der Waals surface area contributed by atoms with Crippen LogP contribution in [0.4, 0.5) is 5.13 Å². The van der Waals surface area contributed by atoms with E-state index in [2.05, 4.69) is 27.5 Å². The molecule has 0 aliphatic carbocycles. The summed E-state index contributed by atoms with van der Waals surface area (Å²) in [4.78, 5) is 31.5. The number of halogens is 1. The second kappa shape index (κ2) is 8.87. The van der Waals surface area contributed by atoms with Gasteiger partial charge in [-0.15, -0.1) is 11.3 Å². The summed E-state index contributed by atoms with van der Waals surface area (Å²) in [5.41, 5.74) is 1.09. The van der Waals surface area contributed by atoms with Crippen molar-refractivity contribution >= 4 is 49.8 Å². The largest absolute Gasteiger partial charge is 0.507 e. The van der Waals surface area contributed by atoms with E-state index in [1.165, 1.54) is 16.2 Å². The zero-order valence-electron chi connectivity index (χ0n) is 16.2. The van der Waals surface area contributed by atoms with Gasteiger partial charge in [-0.05, 0) is 42.0 Å². The topological polar surface area (TPSA) is 79.7 Å². The fourth-order valence-electron chi connectivity index (χ4n) is 3.38. The van der Waals surface area contributed by atoms with Crippen LogP contribution in [0.5, 0.6) is 5.75 Å². The van der Waals surface area contributed by atoms with E-state index in [-0.39, 0.29) is 11.3 Å². The molecule has 1 aromatic heterocycles. The lowest BCUT2D eigenvalue weighted by Crippen LogP contribution is -2.29. The molecule has 2 aromatic carbocycles. The van der Waals surface area contributed by atoms with Crippen LogP contribution >= 0.6 is 27.3 Å². The lowest BCUT2D eigenvalue weighted by molar-refractivity contribution is -0.132. The lowest BCUT2D eigenvalue weighted by Gasteiger charge is -2.23. The van der Waals surface area contributed by atoms with Crippen molar-refractivity contribution in [2.75, 3.05) is 11.5 Å². The van der Waals surface area contributed by atoms with E-state index in [4.69, 9.17) is 4.74 Å². The number of thiazole rings is 1. The van der Waals surface area contributed by atoms with Gasteiger partial charge in [-0.25, -0.2) is 4.98 Å².